The van der Waals surface area contributed by atoms with Gasteiger partial charge in [0.25, 0.3) is 0 Å². The SMILES string of the molecule is COC(=O)c1cc(C)c(N=[N+]=[N-])c(SC(C)(C)C)c1Nc1ccccc1F. The number of nitrogens with zero attached hydrogens (tertiary/aromatic N) is 3. The van der Waals surface area contributed by atoms with Crippen molar-refractivity contribution in [1.82, 2.24) is 0 Å². The number of benzene rings is 2. The fourth-order valence-corrected chi connectivity index (χ4v) is 3.62. The molecule has 0 aliphatic carbocycles. The molecule has 2 aromatic rings. The van der Waals surface area contributed by atoms with E-state index in [4.69, 9.17) is 10.3 Å². The quantitative estimate of drug-likeness (QED) is 0.208. The number of nitrogens with one attached hydrogen (secondary N) is 1. The summed E-state index contributed by atoms with van der Waals surface area (Å²) >= 11 is 1.42. The van der Waals surface area contributed by atoms with Crippen LogP contribution in [-0.2, 0) is 4.74 Å². The number of rotatable bonds is 5. The molecule has 2 aromatic carbocycles. The first-order valence-electron chi connectivity index (χ1n) is 8.19. The van der Waals surface area contributed by atoms with Crippen LogP contribution in [0.3, 0.4) is 0 Å². The molecule has 142 valence electrons. The van der Waals surface area contributed by atoms with Gasteiger partial charge in [-0.2, -0.15) is 0 Å². The Balaban J connectivity index is 2.81. The lowest BCUT2D eigenvalue weighted by molar-refractivity contribution is 0.0601. The van der Waals surface area contributed by atoms with Gasteiger partial charge in [-0.25, -0.2) is 9.18 Å². The number of para-hydroxylation sites is 1. The first kappa shape index (κ1) is 20.6. The highest BCUT2D eigenvalue weighted by Gasteiger charge is 2.25. The van der Waals surface area contributed by atoms with E-state index in [0.717, 1.165) is 0 Å². The molecule has 2 rings (SSSR count). The van der Waals surface area contributed by atoms with Gasteiger partial charge < -0.3 is 10.1 Å². The fraction of sp³-hybridized carbons (Fsp3) is 0.316. The summed E-state index contributed by atoms with van der Waals surface area (Å²) in [7, 11) is 1.28. The smallest absolute Gasteiger partial charge is 0.340 e. The minimum absolute atomic E-state index is 0.203. The van der Waals surface area contributed by atoms with Crippen LogP contribution in [0.4, 0.5) is 21.5 Å². The molecule has 6 nitrogen and oxygen atoms in total. The van der Waals surface area contributed by atoms with Crippen molar-refractivity contribution in [2.24, 2.45) is 5.11 Å². The van der Waals surface area contributed by atoms with E-state index >= 15 is 0 Å². The van der Waals surface area contributed by atoms with Crippen LogP contribution in [0.1, 0.15) is 36.7 Å². The summed E-state index contributed by atoms with van der Waals surface area (Å²) in [6.07, 6.45) is 0. The molecule has 0 bridgehead atoms. The van der Waals surface area contributed by atoms with Crippen molar-refractivity contribution in [3.8, 4) is 0 Å². The number of ether oxygens (including phenoxy) is 1. The van der Waals surface area contributed by atoms with Crippen LogP contribution in [0.15, 0.2) is 40.3 Å². The zero-order valence-corrected chi connectivity index (χ0v) is 16.6. The number of hydrogen-bond donors (Lipinski definition) is 1. The Kier molecular flexibility index (Phi) is 6.36. The molecular weight excluding hydrogens is 367 g/mol. The van der Waals surface area contributed by atoms with Crippen LogP contribution in [0.5, 0.6) is 0 Å². The van der Waals surface area contributed by atoms with E-state index in [-0.39, 0.29) is 16.0 Å². The van der Waals surface area contributed by atoms with Crippen LogP contribution < -0.4 is 5.32 Å². The maximum absolute atomic E-state index is 14.2. The predicted octanol–water partition coefficient (Wildman–Crippen LogP) is 6.50. The minimum atomic E-state index is -0.569. The number of carbonyl (C=O) groups excluding carboxylic acids is 1. The molecule has 0 heterocycles. The molecule has 0 saturated carbocycles. The van der Waals surface area contributed by atoms with Crippen molar-refractivity contribution >= 4 is 34.8 Å². The van der Waals surface area contributed by atoms with Gasteiger partial charge in [-0.05, 0) is 36.2 Å². The van der Waals surface area contributed by atoms with E-state index < -0.39 is 11.8 Å². The number of methoxy groups -OCH3 is 1. The molecule has 1 N–H and O–H groups in total. The Morgan fingerprint density at radius 2 is 2.00 bits per heavy atom. The Morgan fingerprint density at radius 3 is 2.56 bits per heavy atom. The van der Waals surface area contributed by atoms with Crippen LogP contribution in [0.25, 0.3) is 10.4 Å². The lowest BCUT2D eigenvalue weighted by atomic mass is 10.1. The van der Waals surface area contributed by atoms with Gasteiger partial charge in [-0.1, -0.05) is 38.0 Å². The summed E-state index contributed by atoms with van der Waals surface area (Å²) in [6, 6.07) is 7.72. The first-order valence-corrected chi connectivity index (χ1v) is 9.01. The highest BCUT2D eigenvalue weighted by atomic mass is 32.2. The number of azide groups is 1. The molecule has 8 heteroatoms. The number of thioether (sulfide) groups is 1. The minimum Gasteiger partial charge on any atom is -0.465 e. The van der Waals surface area contributed by atoms with Crippen LogP contribution in [0, 0.1) is 12.7 Å². The molecule has 27 heavy (non-hydrogen) atoms. The number of esters is 1. The van der Waals surface area contributed by atoms with Gasteiger partial charge in [-0.15, -0.1) is 11.8 Å². The van der Waals surface area contributed by atoms with Gasteiger partial charge in [0.15, 0.2) is 0 Å². The molecule has 0 spiro atoms. The van der Waals surface area contributed by atoms with Crippen molar-refractivity contribution in [2.45, 2.75) is 37.3 Å². The number of aryl methyl sites for hydroxylation is 1. The predicted molar refractivity (Wildman–Crippen MR) is 107 cm³/mol. The van der Waals surface area contributed by atoms with E-state index in [0.29, 0.717) is 21.8 Å². The molecule has 0 atom stereocenters. The Labute approximate surface area is 161 Å². The molecule has 0 aromatic heterocycles. The maximum Gasteiger partial charge on any atom is 0.340 e. The number of hydrogen-bond acceptors (Lipinski definition) is 5. The molecule has 0 aliphatic heterocycles. The summed E-state index contributed by atoms with van der Waals surface area (Å²) in [6.45, 7) is 7.72. The average molecular weight is 388 g/mol. The Bertz CT molecular complexity index is 919. The lowest BCUT2D eigenvalue weighted by Crippen LogP contribution is -2.12. The Hall–Kier alpha value is -2.70. The Morgan fingerprint density at radius 1 is 1.33 bits per heavy atom. The molecule has 0 fully saturated rings. The molecule has 0 aliphatic rings. The molecular formula is C19H21FN4O2S. The zero-order chi connectivity index (χ0) is 20.2. The van der Waals surface area contributed by atoms with Crippen molar-refractivity contribution < 1.29 is 13.9 Å². The van der Waals surface area contributed by atoms with Crippen LogP contribution >= 0.6 is 11.8 Å². The highest BCUT2D eigenvalue weighted by molar-refractivity contribution is 8.00. The molecule has 0 saturated heterocycles. The first-order chi connectivity index (χ1) is 12.7. The third kappa shape index (κ3) is 4.93. The van der Waals surface area contributed by atoms with Gasteiger partial charge >= 0.3 is 5.97 Å². The average Bonchev–Trinajstić information content (AvgIpc) is 2.60. The van der Waals surface area contributed by atoms with Gasteiger partial charge in [-0.3, -0.25) is 0 Å². The summed E-state index contributed by atoms with van der Waals surface area (Å²) < 4.78 is 18.9. The van der Waals surface area contributed by atoms with E-state index in [2.05, 4.69) is 15.3 Å². The second-order valence-electron chi connectivity index (χ2n) is 6.79. The molecule has 0 radical (unpaired) electrons. The van der Waals surface area contributed by atoms with Gasteiger partial charge in [0.05, 0.1) is 29.7 Å². The van der Waals surface area contributed by atoms with Crippen molar-refractivity contribution in [3.05, 3.63) is 57.7 Å². The molecule has 0 unspecified atom stereocenters. The largest absolute Gasteiger partial charge is 0.465 e. The van der Waals surface area contributed by atoms with E-state index in [1.165, 1.54) is 24.9 Å². The van der Waals surface area contributed by atoms with Gasteiger partial charge in [0.1, 0.15) is 5.82 Å². The van der Waals surface area contributed by atoms with Gasteiger partial charge in [0, 0.05) is 14.6 Å². The highest BCUT2D eigenvalue weighted by Crippen LogP contribution is 2.47. The number of halogens is 1. The monoisotopic (exact) mass is 388 g/mol. The van der Waals surface area contributed by atoms with Gasteiger partial charge in [0.2, 0.25) is 0 Å². The van der Waals surface area contributed by atoms with E-state index in [1.54, 1.807) is 31.2 Å². The summed E-state index contributed by atoms with van der Waals surface area (Å²) in [4.78, 5) is 15.9. The fourth-order valence-electron chi connectivity index (χ4n) is 2.44. The maximum atomic E-state index is 14.2. The second kappa shape index (κ2) is 8.33. The number of carbonyl (C=O) groups is 1. The third-order valence-corrected chi connectivity index (χ3v) is 4.75. The van der Waals surface area contributed by atoms with Crippen molar-refractivity contribution in [3.63, 3.8) is 0 Å². The topological polar surface area (TPSA) is 87.1 Å². The standard InChI is InChI=1S/C19H21FN4O2S/c1-11-10-12(18(25)26-5)16(22-14-9-7-6-8-13(14)20)17(15(11)23-24-21)27-19(2,3)4/h6-10,22H,1-5H3. The van der Waals surface area contributed by atoms with Crippen molar-refractivity contribution in [2.75, 3.05) is 12.4 Å². The second-order valence-corrected chi connectivity index (χ2v) is 8.63. The van der Waals surface area contributed by atoms with E-state index in [1.807, 2.05) is 20.8 Å². The summed E-state index contributed by atoms with van der Waals surface area (Å²) in [5.74, 6) is -1.04. The normalized spacial score (nSPS) is 10.9. The van der Waals surface area contributed by atoms with Crippen LogP contribution in [0.2, 0.25) is 0 Å². The van der Waals surface area contributed by atoms with E-state index in [9.17, 15) is 9.18 Å². The summed E-state index contributed by atoms with van der Waals surface area (Å²) in [5.41, 5.74) is 10.8. The summed E-state index contributed by atoms with van der Waals surface area (Å²) in [5, 5.41) is 6.81. The van der Waals surface area contributed by atoms with Crippen molar-refractivity contribution in [1.29, 1.82) is 0 Å². The number of anilines is 2. The lowest BCUT2D eigenvalue weighted by Gasteiger charge is -2.24. The molecule has 0 amide bonds. The third-order valence-electron chi connectivity index (χ3n) is 3.54. The zero-order valence-electron chi connectivity index (χ0n) is 15.8. The van der Waals surface area contributed by atoms with Crippen LogP contribution in [-0.4, -0.2) is 17.8 Å².